The van der Waals surface area contributed by atoms with E-state index >= 15 is 0 Å². The second-order valence-electron chi connectivity index (χ2n) is 5.28. The van der Waals surface area contributed by atoms with Gasteiger partial charge in [0, 0.05) is 37.7 Å². The first-order valence-electron chi connectivity index (χ1n) is 6.59. The number of carbonyl (C=O) groups is 1. The van der Waals surface area contributed by atoms with Crippen LogP contribution in [0.25, 0.3) is 0 Å². The van der Waals surface area contributed by atoms with Gasteiger partial charge >= 0.3 is 0 Å². The third-order valence-electron chi connectivity index (χ3n) is 3.75. The Hall–Kier alpha value is -1.19. The second-order valence-corrected chi connectivity index (χ2v) is 5.28. The highest BCUT2D eigenvalue weighted by Gasteiger charge is 2.22. The SMILES string of the molecule is Cc1ccc(C(=O)CC2CNCCN2C)c(C)c1. The predicted molar refractivity (Wildman–Crippen MR) is 74.2 cm³/mol. The first kappa shape index (κ1) is 13.2. The van der Waals surface area contributed by atoms with E-state index in [1.54, 1.807) is 0 Å². The summed E-state index contributed by atoms with van der Waals surface area (Å²) in [5.41, 5.74) is 3.17. The molecule has 1 N–H and O–H groups in total. The number of likely N-dealkylation sites (N-methyl/N-ethyl adjacent to an activating group) is 1. The highest BCUT2D eigenvalue weighted by molar-refractivity contribution is 5.97. The molecule has 1 atom stereocenters. The Morgan fingerprint density at radius 2 is 2.22 bits per heavy atom. The van der Waals surface area contributed by atoms with Gasteiger partial charge in [0.05, 0.1) is 0 Å². The van der Waals surface area contributed by atoms with Gasteiger partial charge in [0.15, 0.2) is 5.78 Å². The van der Waals surface area contributed by atoms with Crippen LogP contribution in [-0.4, -0.2) is 43.4 Å². The molecule has 1 fully saturated rings. The van der Waals surface area contributed by atoms with E-state index in [1.807, 2.05) is 19.1 Å². The zero-order valence-corrected chi connectivity index (χ0v) is 11.5. The van der Waals surface area contributed by atoms with Gasteiger partial charge in [0.2, 0.25) is 0 Å². The lowest BCUT2D eigenvalue weighted by molar-refractivity contribution is 0.0917. The third-order valence-corrected chi connectivity index (χ3v) is 3.75. The number of Topliss-reactive ketones (excluding diaryl/α,β-unsaturated/α-hetero) is 1. The molecule has 0 spiro atoms. The van der Waals surface area contributed by atoms with Gasteiger partial charge in [0.25, 0.3) is 0 Å². The standard InChI is InChI=1S/C15H22N2O/c1-11-4-5-14(12(2)8-11)15(18)9-13-10-16-6-7-17(13)3/h4-5,8,13,16H,6-7,9-10H2,1-3H3. The molecular formula is C15H22N2O. The van der Waals surface area contributed by atoms with E-state index in [0.717, 1.165) is 30.8 Å². The van der Waals surface area contributed by atoms with Crippen molar-refractivity contribution >= 4 is 5.78 Å². The Bertz CT molecular complexity index is 442. The van der Waals surface area contributed by atoms with E-state index in [-0.39, 0.29) is 5.78 Å². The fourth-order valence-electron chi connectivity index (χ4n) is 2.54. The molecule has 2 rings (SSSR count). The lowest BCUT2D eigenvalue weighted by Crippen LogP contribution is -2.50. The molecule has 1 heterocycles. The number of nitrogens with one attached hydrogen (secondary N) is 1. The number of aryl methyl sites for hydroxylation is 2. The van der Waals surface area contributed by atoms with E-state index in [2.05, 4.69) is 30.3 Å². The van der Waals surface area contributed by atoms with Crippen LogP contribution < -0.4 is 5.32 Å². The Morgan fingerprint density at radius 1 is 1.44 bits per heavy atom. The molecule has 3 heteroatoms. The van der Waals surface area contributed by atoms with Crippen LogP contribution in [-0.2, 0) is 0 Å². The first-order valence-corrected chi connectivity index (χ1v) is 6.59. The van der Waals surface area contributed by atoms with Gasteiger partial charge in [-0.1, -0.05) is 23.8 Å². The molecule has 1 unspecified atom stereocenters. The molecule has 0 radical (unpaired) electrons. The summed E-state index contributed by atoms with van der Waals surface area (Å²) in [6.45, 7) is 7.02. The lowest BCUT2D eigenvalue weighted by atomic mass is 9.97. The highest BCUT2D eigenvalue weighted by Crippen LogP contribution is 2.15. The minimum Gasteiger partial charge on any atom is -0.314 e. The van der Waals surface area contributed by atoms with Gasteiger partial charge in [0.1, 0.15) is 0 Å². The minimum absolute atomic E-state index is 0.257. The summed E-state index contributed by atoms with van der Waals surface area (Å²) in [5, 5.41) is 3.35. The number of hydrogen-bond donors (Lipinski definition) is 1. The quantitative estimate of drug-likeness (QED) is 0.825. The maximum Gasteiger partial charge on any atom is 0.164 e. The summed E-state index contributed by atoms with van der Waals surface area (Å²) >= 11 is 0. The summed E-state index contributed by atoms with van der Waals surface area (Å²) in [4.78, 5) is 14.6. The molecule has 18 heavy (non-hydrogen) atoms. The third kappa shape index (κ3) is 2.98. The van der Waals surface area contributed by atoms with Crippen LogP contribution in [0, 0.1) is 13.8 Å². The lowest BCUT2D eigenvalue weighted by Gasteiger charge is -2.32. The average Bonchev–Trinajstić information content (AvgIpc) is 2.32. The van der Waals surface area contributed by atoms with Crippen LogP contribution >= 0.6 is 0 Å². The molecule has 1 aromatic carbocycles. The highest BCUT2D eigenvalue weighted by atomic mass is 16.1. The van der Waals surface area contributed by atoms with Gasteiger partial charge < -0.3 is 10.2 Å². The Labute approximate surface area is 109 Å². The van der Waals surface area contributed by atoms with Gasteiger partial charge in [-0.05, 0) is 26.5 Å². The summed E-state index contributed by atoms with van der Waals surface area (Å²) in [7, 11) is 2.10. The molecular weight excluding hydrogens is 224 g/mol. The molecule has 0 aliphatic carbocycles. The summed E-state index contributed by atoms with van der Waals surface area (Å²) in [6, 6.07) is 6.38. The van der Waals surface area contributed by atoms with Crippen molar-refractivity contribution in [3.63, 3.8) is 0 Å². The Kier molecular flexibility index (Phi) is 4.15. The molecule has 1 aliphatic rings. The van der Waals surface area contributed by atoms with E-state index in [9.17, 15) is 4.79 Å². The number of piperazine rings is 1. The topological polar surface area (TPSA) is 32.3 Å². The van der Waals surface area contributed by atoms with Crippen LogP contribution in [0.15, 0.2) is 18.2 Å². The summed E-state index contributed by atoms with van der Waals surface area (Å²) in [5.74, 6) is 0.257. The average molecular weight is 246 g/mol. The molecule has 0 amide bonds. The molecule has 0 bridgehead atoms. The molecule has 0 aromatic heterocycles. The molecule has 1 aromatic rings. The molecule has 3 nitrogen and oxygen atoms in total. The van der Waals surface area contributed by atoms with Crippen molar-refractivity contribution in [1.29, 1.82) is 0 Å². The number of hydrogen-bond acceptors (Lipinski definition) is 3. The maximum absolute atomic E-state index is 12.3. The van der Waals surface area contributed by atoms with Gasteiger partial charge in [-0.25, -0.2) is 0 Å². The fraction of sp³-hybridized carbons (Fsp3) is 0.533. The summed E-state index contributed by atoms with van der Waals surface area (Å²) < 4.78 is 0. The first-order chi connectivity index (χ1) is 8.58. The number of ketones is 1. The maximum atomic E-state index is 12.3. The van der Waals surface area contributed by atoms with E-state index in [1.165, 1.54) is 5.56 Å². The fourth-order valence-corrected chi connectivity index (χ4v) is 2.54. The monoisotopic (exact) mass is 246 g/mol. The smallest absolute Gasteiger partial charge is 0.164 e. The van der Waals surface area contributed by atoms with Crippen LogP contribution in [0.1, 0.15) is 27.9 Å². The zero-order chi connectivity index (χ0) is 13.1. The normalized spacial score (nSPS) is 20.9. The van der Waals surface area contributed by atoms with Crippen molar-refractivity contribution in [3.05, 3.63) is 34.9 Å². The van der Waals surface area contributed by atoms with Crippen LogP contribution in [0.3, 0.4) is 0 Å². The number of nitrogens with zero attached hydrogens (tertiary/aromatic N) is 1. The second kappa shape index (κ2) is 5.63. The Morgan fingerprint density at radius 3 is 2.89 bits per heavy atom. The van der Waals surface area contributed by atoms with Crippen LogP contribution in [0.2, 0.25) is 0 Å². The Balaban J connectivity index is 2.07. The van der Waals surface area contributed by atoms with Crippen LogP contribution in [0.5, 0.6) is 0 Å². The van der Waals surface area contributed by atoms with Crippen molar-refractivity contribution in [1.82, 2.24) is 10.2 Å². The summed E-state index contributed by atoms with van der Waals surface area (Å²) in [6.07, 6.45) is 0.605. The minimum atomic E-state index is 0.257. The van der Waals surface area contributed by atoms with Crippen molar-refractivity contribution in [2.75, 3.05) is 26.7 Å². The zero-order valence-electron chi connectivity index (χ0n) is 11.5. The van der Waals surface area contributed by atoms with E-state index in [4.69, 9.17) is 0 Å². The van der Waals surface area contributed by atoms with Crippen LogP contribution in [0.4, 0.5) is 0 Å². The van der Waals surface area contributed by atoms with Gasteiger partial charge in [-0.2, -0.15) is 0 Å². The van der Waals surface area contributed by atoms with E-state index in [0.29, 0.717) is 12.5 Å². The number of benzene rings is 1. The number of carbonyl (C=O) groups excluding carboxylic acids is 1. The molecule has 1 saturated heterocycles. The molecule has 0 saturated carbocycles. The molecule has 1 aliphatic heterocycles. The van der Waals surface area contributed by atoms with Gasteiger partial charge in [-0.15, -0.1) is 0 Å². The molecule has 98 valence electrons. The predicted octanol–water partition coefficient (Wildman–Crippen LogP) is 1.78. The van der Waals surface area contributed by atoms with Gasteiger partial charge in [-0.3, -0.25) is 4.79 Å². The van der Waals surface area contributed by atoms with Crippen molar-refractivity contribution in [2.24, 2.45) is 0 Å². The van der Waals surface area contributed by atoms with E-state index < -0.39 is 0 Å². The largest absolute Gasteiger partial charge is 0.314 e. The van der Waals surface area contributed by atoms with Crippen molar-refractivity contribution in [3.8, 4) is 0 Å². The number of rotatable bonds is 3. The van der Waals surface area contributed by atoms with Crippen molar-refractivity contribution < 1.29 is 4.79 Å². The van der Waals surface area contributed by atoms with Crippen molar-refractivity contribution in [2.45, 2.75) is 26.3 Å².